The van der Waals surface area contributed by atoms with Gasteiger partial charge in [0.05, 0.1) is 19.3 Å². The van der Waals surface area contributed by atoms with Crippen LogP contribution in [0.5, 0.6) is 5.75 Å². The van der Waals surface area contributed by atoms with E-state index in [0.717, 1.165) is 10.1 Å². The van der Waals surface area contributed by atoms with Crippen molar-refractivity contribution in [2.24, 2.45) is 0 Å². The largest absolute Gasteiger partial charge is 0.493 e. The summed E-state index contributed by atoms with van der Waals surface area (Å²) in [6, 6.07) is 6.93. The number of aromatic nitrogens is 2. The molecule has 0 radical (unpaired) electrons. The fourth-order valence-electron chi connectivity index (χ4n) is 1.35. The average molecular weight is 296 g/mol. The van der Waals surface area contributed by atoms with Crippen LogP contribution in [0.15, 0.2) is 34.1 Å². The zero-order valence-corrected chi connectivity index (χ0v) is 11.9. The van der Waals surface area contributed by atoms with Crippen LogP contribution in [-0.2, 0) is 4.74 Å². The summed E-state index contributed by atoms with van der Waals surface area (Å²) in [5.41, 5.74) is 2.18. The van der Waals surface area contributed by atoms with Gasteiger partial charge in [0.1, 0.15) is 11.3 Å². The third kappa shape index (κ3) is 4.22. The Morgan fingerprint density at radius 1 is 1.47 bits per heavy atom. The highest BCUT2D eigenvalue weighted by Gasteiger charge is 2.06. The summed E-state index contributed by atoms with van der Waals surface area (Å²) in [6.45, 7) is 0.537. The van der Waals surface area contributed by atoms with Gasteiger partial charge in [-0.15, -0.1) is 10.2 Å². The van der Waals surface area contributed by atoms with Gasteiger partial charge < -0.3 is 9.47 Å². The van der Waals surface area contributed by atoms with E-state index in [1.165, 1.54) is 18.4 Å². The Bertz CT molecular complexity index is 532. The van der Waals surface area contributed by atoms with Gasteiger partial charge in [-0.3, -0.25) is 0 Å². The summed E-state index contributed by atoms with van der Waals surface area (Å²) in [5.74, 6) is 1.06. The molecule has 0 aliphatic carbocycles. The van der Waals surface area contributed by atoms with E-state index in [0.29, 0.717) is 17.9 Å². The zero-order valence-electron chi connectivity index (χ0n) is 10.2. The molecule has 0 aliphatic rings. The second-order valence-electron chi connectivity index (χ2n) is 3.42. The zero-order chi connectivity index (χ0) is 13.5. The Morgan fingerprint density at radius 3 is 3.11 bits per heavy atom. The molecule has 0 spiro atoms. The van der Waals surface area contributed by atoms with Gasteiger partial charge >= 0.3 is 5.97 Å². The summed E-state index contributed by atoms with van der Waals surface area (Å²) >= 11 is 3.09. The molecule has 7 heteroatoms. The summed E-state index contributed by atoms with van der Waals surface area (Å²) in [4.78, 5) is 11.4. The Kier molecular flexibility index (Phi) is 5.17. The molecule has 5 nitrogen and oxygen atoms in total. The number of esters is 1. The van der Waals surface area contributed by atoms with Crippen molar-refractivity contribution in [2.75, 3.05) is 19.5 Å². The number of methoxy groups -OCH3 is 1. The number of hydrogen-bond acceptors (Lipinski definition) is 7. The minimum absolute atomic E-state index is 0.367. The van der Waals surface area contributed by atoms with Gasteiger partial charge in [0.15, 0.2) is 4.34 Å². The third-order valence-corrected chi connectivity index (χ3v) is 4.00. The van der Waals surface area contributed by atoms with Crippen molar-refractivity contribution in [3.63, 3.8) is 0 Å². The summed E-state index contributed by atoms with van der Waals surface area (Å²) < 4.78 is 11.1. The van der Waals surface area contributed by atoms with E-state index in [2.05, 4.69) is 14.9 Å². The first-order chi connectivity index (χ1) is 9.29. The van der Waals surface area contributed by atoms with Crippen molar-refractivity contribution in [3.05, 3.63) is 35.3 Å². The number of rotatable bonds is 6. The first-order valence-corrected chi connectivity index (χ1v) is 7.36. The lowest BCUT2D eigenvalue weighted by Crippen LogP contribution is -2.03. The van der Waals surface area contributed by atoms with Crippen LogP contribution in [0.4, 0.5) is 0 Å². The molecule has 0 saturated carbocycles. The minimum Gasteiger partial charge on any atom is -0.493 e. The molecule has 1 heterocycles. The van der Waals surface area contributed by atoms with Crippen molar-refractivity contribution < 1.29 is 14.3 Å². The highest BCUT2D eigenvalue weighted by molar-refractivity contribution is 8.01. The summed E-state index contributed by atoms with van der Waals surface area (Å²) in [7, 11) is 1.36. The maximum atomic E-state index is 11.4. The standard InChI is InChI=1S/C12H12N2O3S2/c1-16-11(15)9-3-2-4-10(7-9)17-5-6-18-12-14-13-8-19-12/h2-4,7-8H,5-6H2,1H3. The molecular weight excluding hydrogens is 284 g/mol. The number of ether oxygens (including phenoxy) is 2. The molecule has 0 amide bonds. The molecule has 0 saturated heterocycles. The van der Waals surface area contributed by atoms with Crippen molar-refractivity contribution >= 4 is 29.1 Å². The maximum Gasteiger partial charge on any atom is 0.337 e. The first kappa shape index (κ1) is 13.8. The average Bonchev–Trinajstić information content (AvgIpc) is 2.96. The molecule has 1 aromatic heterocycles. The predicted molar refractivity (Wildman–Crippen MR) is 73.9 cm³/mol. The molecule has 2 aromatic rings. The van der Waals surface area contributed by atoms with Crippen LogP contribution in [0.3, 0.4) is 0 Å². The molecule has 100 valence electrons. The van der Waals surface area contributed by atoms with Crippen LogP contribution in [0, 0.1) is 0 Å². The second-order valence-corrected chi connectivity index (χ2v) is 5.60. The molecule has 19 heavy (non-hydrogen) atoms. The molecule has 1 aromatic carbocycles. The first-order valence-electron chi connectivity index (χ1n) is 5.50. The molecule has 0 N–H and O–H groups in total. The molecular formula is C12H12N2O3S2. The van der Waals surface area contributed by atoms with E-state index in [-0.39, 0.29) is 5.97 Å². The van der Waals surface area contributed by atoms with E-state index >= 15 is 0 Å². The van der Waals surface area contributed by atoms with E-state index in [9.17, 15) is 4.79 Å². The highest BCUT2D eigenvalue weighted by atomic mass is 32.2. The van der Waals surface area contributed by atoms with Crippen LogP contribution in [0.25, 0.3) is 0 Å². The smallest absolute Gasteiger partial charge is 0.337 e. The monoisotopic (exact) mass is 296 g/mol. The van der Waals surface area contributed by atoms with E-state index in [4.69, 9.17) is 4.74 Å². The van der Waals surface area contributed by atoms with Crippen molar-refractivity contribution in [1.82, 2.24) is 10.2 Å². The molecule has 0 fully saturated rings. The summed E-state index contributed by atoms with van der Waals surface area (Å²) in [5, 5.41) is 7.68. The van der Waals surface area contributed by atoms with Crippen LogP contribution in [-0.4, -0.2) is 35.6 Å². The number of thioether (sulfide) groups is 1. The van der Waals surface area contributed by atoms with Gasteiger partial charge in [0.2, 0.25) is 0 Å². The van der Waals surface area contributed by atoms with Gasteiger partial charge in [-0.25, -0.2) is 4.79 Å². The van der Waals surface area contributed by atoms with Crippen molar-refractivity contribution in [3.8, 4) is 5.75 Å². The lowest BCUT2D eigenvalue weighted by molar-refractivity contribution is 0.0600. The fraction of sp³-hybridized carbons (Fsp3) is 0.250. The van der Waals surface area contributed by atoms with E-state index in [1.54, 1.807) is 35.5 Å². The molecule has 0 unspecified atom stereocenters. The Labute approximate surface area is 119 Å². The van der Waals surface area contributed by atoms with E-state index < -0.39 is 0 Å². The number of carbonyl (C=O) groups is 1. The Hall–Kier alpha value is -1.60. The number of benzene rings is 1. The SMILES string of the molecule is COC(=O)c1cccc(OCCSc2nncs2)c1. The van der Waals surface area contributed by atoms with Crippen molar-refractivity contribution in [2.45, 2.75) is 4.34 Å². The number of nitrogens with zero attached hydrogens (tertiary/aromatic N) is 2. The van der Waals surface area contributed by atoms with Crippen LogP contribution in [0.2, 0.25) is 0 Å². The second kappa shape index (κ2) is 7.10. The van der Waals surface area contributed by atoms with Crippen LogP contribution >= 0.6 is 23.1 Å². The lowest BCUT2D eigenvalue weighted by Gasteiger charge is -2.06. The van der Waals surface area contributed by atoms with Gasteiger partial charge in [0.25, 0.3) is 0 Å². The quantitative estimate of drug-likeness (QED) is 0.464. The van der Waals surface area contributed by atoms with Crippen LogP contribution < -0.4 is 4.74 Å². The number of hydrogen-bond donors (Lipinski definition) is 0. The highest BCUT2D eigenvalue weighted by Crippen LogP contribution is 2.19. The van der Waals surface area contributed by atoms with Crippen molar-refractivity contribution in [1.29, 1.82) is 0 Å². The molecule has 2 rings (SSSR count). The Morgan fingerprint density at radius 2 is 2.37 bits per heavy atom. The van der Waals surface area contributed by atoms with Crippen LogP contribution in [0.1, 0.15) is 10.4 Å². The molecule has 0 aliphatic heterocycles. The topological polar surface area (TPSA) is 61.3 Å². The van der Waals surface area contributed by atoms with Gasteiger partial charge in [-0.2, -0.15) is 0 Å². The molecule has 0 bridgehead atoms. The predicted octanol–water partition coefficient (Wildman–Crippen LogP) is 2.50. The Balaban J connectivity index is 1.81. The number of carbonyl (C=O) groups excluding carboxylic acids is 1. The third-order valence-electron chi connectivity index (χ3n) is 2.17. The van der Waals surface area contributed by atoms with Gasteiger partial charge in [-0.05, 0) is 18.2 Å². The maximum absolute atomic E-state index is 11.4. The fourth-order valence-corrected chi connectivity index (χ4v) is 2.72. The minimum atomic E-state index is -0.367. The van der Waals surface area contributed by atoms with Gasteiger partial charge in [-0.1, -0.05) is 29.2 Å². The van der Waals surface area contributed by atoms with E-state index in [1.807, 2.05) is 6.07 Å². The normalized spacial score (nSPS) is 10.2. The van der Waals surface area contributed by atoms with Gasteiger partial charge in [0, 0.05) is 5.75 Å². The summed E-state index contributed by atoms with van der Waals surface area (Å²) in [6.07, 6.45) is 0. The lowest BCUT2D eigenvalue weighted by atomic mass is 10.2. The molecule has 0 atom stereocenters.